The summed E-state index contributed by atoms with van der Waals surface area (Å²) in [7, 11) is 0. The number of aryl methyl sites for hydroxylation is 2. The summed E-state index contributed by atoms with van der Waals surface area (Å²) >= 11 is 0. The molecule has 0 heterocycles. The molecule has 2 heteroatoms. The average molecular weight is 294 g/mol. The van der Waals surface area contributed by atoms with E-state index in [4.69, 9.17) is 4.74 Å². The van der Waals surface area contributed by atoms with Gasteiger partial charge in [-0.2, -0.15) is 0 Å². The van der Waals surface area contributed by atoms with Gasteiger partial charge in [0, 0.05) is 11.8 Å². The van der Waals surface area contributed by atoms with E-state index in [0.717, 1.165) is 0 Å². The van der Waals surface area contributed by atoms with Crippen LogP contribution in [-0.2, 0) is 9.53 Å². The van der Waals surface area contributed by atoms with Gasteiger partial charge in [-0.1, -0.05) is 59.7 Å². The normalized spacial score (nSPS) is 23.1. The molecule has 1 aliphatic rings. The molecule has 0 bridgehead atoms. The maximum atomic E-state index is 12.3. The van der Waals surface area contributed by atoms with Gasteiger partial charge in [-0.3, -0.25) is 4.79 Å². The highest BCUT2D eigenvalue weighted by molar-refractivity contribution is 5.80. The summed E-state index contributed by atoms with van der Waals surface area (Å²) in [4.78, 5) is 12.3. The van der Waals surface area contributed by atoms with E-state index in [1.807, 2.05) is 6.92 Å². The van der Waals surface area contributed by atoms with Gasteiger partial charge in [0.15, 0.2) is 0 Å². The summed E-state index contributed by atoms with van der Waals surface area (Å²) in [6.45, 7) is 6.46. The minimum absolute atomic E-state index is 0.0506. The van der Waals surface area contributed by atoms with Crippen molar-refractivity contribution in [3.63, 3.8) is 0 Å². The van der Waals surface area contributed by atoms with Crippen molar-refractivity contribution in [2.45, 2.75) is 32.6 Å². The van der Waals surface area contributed by atoms with Crippen LogP contribution >= 0.6 is 0 Å². The van der Waals surface area contributed by atoms with Crippen molar-refractivity contribution in [2.75, 3.05) is 6.61 Å². The van der Waals surface area contributed by atoms with Crippen molar-refractivity contribution in [3.8, 4) is 0 Å². The summed E-state index contributed by atoms with van der Waals surface area (Å²) in [5.74, 6) is 0.355. The Morgan fingerprint density at radius 1 is 0.864 bits per heavy atom. The van der Waals surface area contributed by atoms with E-state index in [1.54, 1.807) is 0 Å². The molecule has 2 nitrogen and oxygen atoms in total. The van der Waals surface area contributed by atoms with Gasteiger partial charge < -0.3 is 4.74 Å². The van der Waals surface area contributed by atoms with Crippen molar-refractivity contribution < 1.29 is 9.53 Å². The number of esters is 1. The Kier molecular flexibility index (Phi) is 4.02. The lowest BCUT2D eigenvalue weighted by Crippen LogP contribution is -2.08. The maximum absolute atomic E-state index is 12.3. The monoisotopic (exact) mass is 294 g/mol. The number of benzene rings is 2. The highest BCUT2D eigenvalue weighted by atomic mass is 16.5. The van der Waals surface area contributed by atoms with Crippen molar-refractivity contribution in [2.24, 2.45) is 5.92 Å². The Hall–Kier alpha value is -2.09. The average Bonchev–Trinajstić information content (AvgIpc) is 3.24. The molecule has 0 spiro atoms. The maximum Gasteiger partial charge on any atom is 0.310 e. The lowest BCUT2D eigenvalue weighted by molar-refractivity contribution is -0.144. The van der Waals surface area contributed by atoms with E-state index in [-0.39, 0.29) is 23.7 Å². The van der Waals surface area contributed by atoms with Crippen LogP contribution in [0.15, 0.2) is 48.5 Å². The Bertz CT molecular complexity index is 604. The first-order valence-corrected chi connectivity index (χ1v) is 7.91. The first-order valence-electron chi connectivity index (χ1n) is 7.91. The second-order valence-corrected chi connectivity index (χ2v) is 6.15. The van der Waals surface area contributed by atoms with Crippen LogP contribution < -0.4 is 0 Å². The molecule has 2 aromatic carbocycles. The van der Waals surface area contributed by atoms with Crippen LogP contribution in [-0.4, -0.2) is 12.6 Å². The standard InChI is InChI=1S/C20H22O2/c1-4-22-20(21)19-17(15-9-5-13(2)6-10-15)18(19)16-11-7-14(3)8-12-16/h5-12,17-19H,4H2,1-3H3/t17-,18-/m1/s1. The highest BCUT2D eigenvalue weighted by Gasteiger charge is 2.56. The smallest absolute Gasteiger partial charge is 0.310 e. The zero-order chi connectivity index (χ0) is 15.7. The molecule has 0 radical (unpaired) electrons. The summed E-state index contributed by atoms with van der Waals surface area (Å²) < 4.78 is 5.28. The van der Waals surface area contributed by atoms with Crippen LogP contribution in [0, 0.1) is 19.8 Å². The molecule has 114 valence electrons. The second kappa shape index (κ2) is 5.96. The van der Waals surface area contributed by atoms with E-state index in [0.29, 0.717) is 6.61 Å². The molecule has 0 aromatic heterocycles. The van der Waals surface area contributed by atoms with Gasteiger partial charge in [0.1, 0.15) is 0 Å². The molecule has 0 unspecified atom stereocenters. The number of hydrogen-bond acceptors (Lipinski definition) is 2. The van der Waals surface area contributed by atoms with Crippen molar-refractivity contribution in [3.05, 3.63) is 70.8 Å². The molecule has 2 aromatic rings. The molecular formula is C20H22O2. The molecule has 0 aliphatic heterocycles. The predicted octanol–water partition coefficient (Wildman–Crippen LogP) is 4.36. The molecule has 3 rings (SSSR count). The van der Waals surface area contributed by atoms with Crippen molar-refractivity contribution >= 4 is 5.97 Å². The molecule has 0 saturated heterocycles. The number of hydrogen-bond donors (Lipinski definition) is 0. The lowest BCUT2D eigenvalue weighted by Gasteiger charge is -2.02. The quantitative estimate of drug-likeness (QED) is 0.783. The van der Waals surface area contributed by atoms with Gasteiger partial charge in [0.25, 0.3) is 0 Å². The number of carbonyl (C=O) groups excluding carboxylic acids is 1. The molecule has 22 heavy (non-hydrogen) atoms. The summed E-state index contributed by atoms with van der Waals surface area (Å²) in [6.07, 6.45) is 0. The van der Waals surface area contributed by atoms with Crippen molar-refractivity contribution in [1.29, 1.82) is 0 Å². The molecule has 0 amide bonds. The van der Waals surface area contributed by atoms with E-state index >= 15 is 0 Å². The van der Waals surface area contributed by atoms with Crippen LogP contribution in [0.4, 0.5) is 0 Å². The minimum atomic E-state index is -0.0707. The number of carbonyl (C=O) groups is 1. The molecule has 0 N–H and O–H groups in total. The zero-order valence-corrected chi connectivity index (χ0v) is 13.4. The predicted molar refractivity (Wildman–Crippen MR) is 88.0 cm³/mol. The largest absolute Gasteiger partial charge is 0.466 e. The van der Waals surface area contributed by atoms with E-state index in [2.05, 4.69) is 62.4 Å². The topological polar surface area (TPSA) is 26.3 Å². The second-order valence-electron chi connectivity index (χ2n) is 6.15. The van der Waals surface area contributed by atoms with Crippen LogP contribution in [0.2, 0.25) is 0 Å². The molecule has 1 saturated carbocycles. The SMILES string of the molecule is CCOC(=O)C1[C@H](c2ccc(C)cc2)[C@H]1c1ccc(C)cc1. The van der Waals surface area contributed by atoms with Crippen LogP contribution in [0.3, 0.4) is 0 Å². The Labute approximate surface area is 132 Å². The van der Waals surface area contributed by atoms with E-state index in [9.17, 15) is 4.79 Å². The zero-order valence-electron chi connectivity index (χ0n) is 13.4. The third-order valence-electron chi connectivity index (χ3n) is 4.50. The van der Waals surface area contributed by atoms with E-state index in [1.165, 1.54) is 22.3 Å². The van der Waals surface area contributed by atoms with Gasteiger partial charge in [-0.15, -0.1) is 0 Å². The fraction of sp³-hybridized carbons (Fsp3) is 0.350. The van der Waals surface area contributed by atoms with Gasteiger partial charge in [0.05, 0.1) is 12.5 Å². The first-order chi connectivity index (χ1) is 10.6. The van der Waals surface area contributed by atoms with Crippen LogP contribution in [0.5, 0.6) is 0 Å². The summed E-state index contributed by atoms with van der Waals surface area (Å²) in [5, 5.41) is 0. The molecule has 1 aliphatic carbocycles. The van der Waals surface area contributed by atoms with Crippen LogP contribution in [0.25, 0.3) is 0 Å². The third-order valence-corrected chi connectivity index (χ3v) is 4.50. The fourth-order valence-corrected chi connectivity index (χ4v) is 3.25. The van der Waals surface area contributed by atoms with Crippen LogP contribution in [0.1, 0.15) is 41.0 Å². The van der Waals surface area contributed by atoms with Gasteiger partial charge in [0.2, 0.25) is 0 Å². The highest BCUT2D eigenvalue weighted by Crippen LogP contribution is 2.60. The number of rotatable bonds is 4. The summed E-state index contributed by atoms with van der Waals surface area (Å²) in [6, 6.07) is 17.0. The summed E-state index contributed by atoms with van der Waals surface area (Å²) in [5.41, 5.74) is 4.94. The Balaban J connectivity index is 1.90. The minimum Gasteiger partial charge on any atom is -0.466 e. The molecule has 2 atom stereocenters. The van der Waals surface area contributed by atoms with Gasteiger partial charge in [-0.25, -0.2) is 0 Å². The fourth-order valence-electron chi connectivity index (χ4n) is 3.25. The Morgan fingerprint density at radius 2 is 1.27 bits per heavy atom. The van der Waals surface area contributed by atoms with Gasteiger partial charge >= 0.3 is 5.97 Å². The first kappa shape index (κ1) is 14.8. The molecule has 1 fully saturated rings. The Morgan fingerprint density at radius 3 is 1.64 bits per heavy atom. The van der Waals surface area contributed by atoms with Gasteiger partial charge in [-0.05, 0) is 31.9 Å². The third kappa shape index (κ3) is 2.78. The molecular weight excluding hydrogens is 272 g/mol. The lowest BCUT2D eigenvalue weighted by atomic mass is 10.0. The van der Waals surface area contributed by atoms with E-state index < -0.39 is 0 Å². The van der Waals surface area contributed by atoms with Crippen molar-refractivity contribution in [1.82, 2.24) is 0 Å². The number of ether oxygens (including phenoxy) is 1.